The van der Waals surface area contributed by atoms with Gasteiger partial charge in [-0.1, -0.05) is 73.2 Å². The molecule has 6 nitrogen and oxygen atoms in total. The van der Waals surface area contributed by atoms with Crippen molar-refractivity contribution in [2.24, 2.45) is 5.10 Å². The fourth-order valence-electron chi connectivity index (χ4n) is 3.54. The number of nitrogens with one attached hydrogen (secondary N) is 1. The number of carbonyl (C=O) groups is 1. The van der Waals surface area contributed by atoms with Gasteiger partial charge in [0, 0.05) is 5.71 Å². The summed E-state index contributed by atoms with van der Waals surface area (Å²) < 4.78 is 28.3. The maximum absolute atomic E-state index is 13.6. The van der Waals surface area contributed by atoms with Crippen molar-refractivity contribution in [1.82, 2.24) is 5.43 Å². The number of hydrogen-bond donors (Lipinski definition) is 1. The summed E-state index contributed by atoms with van der Waals surface area (Å²) in [6.45, 7) is 5.32. The molecule has 0 aliphatic rings. The predicted octanol–water partition coefficient (Wildman–Crippen LogP) is 4.88. The first-order valence-corrected chi connectivity index (χ1v) is 12.8. The molecule has 0 radical (unpaired) electrons. The normalized spacial score (nSPS) is 11.8. The van der Waals surface area contributed by atoms with Gasteiger partial charge >= 0.3 is 0 Å². The Morgan fingerprint density at radius 3 is 2.26 bits per heavy atom. The first-order valence-electron chi connectivity index (χ1n) is 11.3. The summed E-state index contributed by atoms with van der Waals surface area (Å²) >= 11 is 0. The van der Waals surface area contributed by atoms with E-state index in [2.05, 4.69) is 10.5 Å². The third kappa shape index (κ3) is 6.54. The molecule has 0 heterocycles. The molecule has 0 spiro atoms. The fraction of sp³-hybridized carbons (Fsp3) is 0.259. The topological polar surface area (TPSA) is 78.8 Å². The second-order valence-corrected chi connectivity index (χ2v) is 10.0. The lowest BCUT2D eigenvalue weighted by molar-refractivity contribution is -0.119. The lowest BCUT2D eigenvalue weighted by Crippen LogP contribution is -2.40. The van der Waals surface area contributed by atoms with E-state index in [-0.39, 0.29) is 11.4 Å². The zero-order valence-electron chi connectivity index (χ0n) is 19.9. The van der Waals surface area contributed by atoms with Crippen LogP contribution in [-0.4, -0.2) is 26.6 Å². The summed E-state index contributed by atoms with van der Waals surface area (Å²) in [5.41, 5.74) is 6.77. The van der Waals surface area contributed by atoms with Crippen molar-refractivity contribution in [3.05, 3.63) is 95.6 Å². The molecule has 0 saturated carbocycles. The smallest absolute Gasteiger partial charge is 0.264 e. The number of carbonyl (C=O) groups excluding carboxylic acids is 1. The summed E-state index contributed by atoms with van der Waals surface area (Å²) in [5, 5.41) is 4.19. The Morgan fingerprint density at radius 1 is 0.941 bits per heavy atom. The molecule has 34 heavy (non-hydrogen) atoms. The first-order chi connectivity index (χ1) is 16.3. The largest absolute Gasteiger partial charge is 0.271 e. The molecule has 1 amide bonds. The lowest BCUT2D eigenvalue weighted by Gasteiger charge is -2.26. The van der Waals surface area contributed by atoms with Crippen LogP contribution in [0, 0.1) is 6.92 Å². The average molecular weight is 478 g/mol. The molecule has 0 aliphatic heterocycles. The van der Waals surface area contributed by atoms with Crippen molar-refractivity contribution in [2.45, 2.75) is 44.9 Å². The highest BCUT2D eigenvalue weighted by Crippen LogP contribution is 2.27. The highest BCUT2D eigenvalue weighted by Gasteiger charge is 2.28. The third-order valence-corrected chi connectivity index (χ3v) is 7.30. The molecule has 178 valence electrons. The molecular weight excluding hydrogens is 446 g/mol. The summed E-state index contributed by atoms with van der Waals surface area (Å²) in [5.74, 6) is -0.499. The molecule has 0 fully saturated rings. The van der Waals surface area contributed by atoms with Gasteiger partial charge in [-0.3, -0.25) is 9.10 Å². The van der Waals surface area contributed by atoms with Crippen LogP contribution in [0.15, 0.2) is 88.9 Å². The molecule has 1 N–H and O–H groups in total. The lowest BCUT2D eigenvalue weighted by atomic mass is 10.1. The van der Waals surface area contributed by atoms with E-state index in [0.717, 1.165) is 23.3 Å². The predicted molar refractivity (Wildman–Crippen MR) is 138 cm³/mol. The number of hydrazone groups is 1. The van der Waals surface area contributed by atoms with Crippen molar-refractivity contribution in [2.75, 3.05) is 10.8 Å². The number of sulfonamides is 1. The molecular formula is C27H31N3O3S. The van der Waals surface area contributed by atoms with Crippen LogP contribution in [0.3, 0.4) is 0 Å². The average Bonchev–Trinajstić information content (AvgIpc) is 2.85. The van der Waals surface area contributed by atoms with Gasteiger partial charge in [-0.05, 0) is 62.4 Å². The molecule has 0 saturated heterocycles. The van der Waals surface area contributed by atoms with Crippen molar-refractivity contribution in [1.29, 1.82) is 0 Å². The van der Waals surface area contributed by atoms with Crippen LogP contribution < -0.4 is 9.73 Å². The van der Waals surface area contributed by atoms with Gasteiger partial charge in [0.2, 0.25) is 0 Å². The Balaban J connectivity index is 1.80. The molecule has 0 aromatic heterocycles. The van der Waals surface area contributed by atoms with Gasteiger partial charge in [0.05, 0.1) is 10.6 Å². The minimum atomic E-state index is -3.96. The zero-order chi connectivity index (χ0) is 24.6. The van der Waals surface area contributed by atoms with E-state index in [4.69, 9.17) is 0 Å². The molecule has 0 aliphatic carbocycles. The molecule has 0 unspecified atom stereocenters. The molecule has 3 aromatic rings. The number of benzene rings is 3. The van der Waals surface area contributed by atoms with Crippen LogP contribution in [-0.2, 0) is 27.7 Å². The van der Waals surface area contributed by atoms with Gasteiger partial charge in [-0.15, -0.1) is 0 Å². The van der Waals surface area contributed by atoms with Crippen molar-refractivity contribution < 1.29 is 13.2 Å². The highest BCUT2D eigenvalue weighted by atomic mass is 32.2. The zero-order valence-corrected chi connectivity index (χ0v) is 20.7. The maximum atomic E-state index is 13.6. The van der Waals surface area contributed by atoms with Gasteiger partial charge in [0.1, 0.15) is 6.54 Å². The van der Waals surface area contributed by atoms with E-state index in [1.54, 1.807) is 36.4 Å². The monoisotopic (exact) mass is 477 g/mol. The van der Waals surface area contributed by atoms with Crippen molar-refractivity contribution in [3.63, 3.8) is 0 Å². The van der Waals surface area contributed by atoms with Crippen molar-refractivity contribution in [3.8, 4) is 0 Å². The summed E-state index contributed by atoms with van der Waals surface area (Å²) in [4.78, 5) is 13.0. The van der Waals surface area contributed by atoms with Crippen molar-refractivity contribution >= 4 is 27.3 Å². The van der Waals surface area contributed by atoms with Gasteiger partial charge in [-0.25, -0.2) is 13.8 Å². The Bertz CT molecular complexity index is 1240. The molecule has 7 heteroatoms. The van der Waals surface area contributed by atoms with E-state index < -0.39 is 15.9 Å². The molecule has 0 bridgehead atoms. The van der Waals surface area contributed by atoms with Gasteiger partial charge in [0.15, 0.2) is 0 Å². The molecule has 3 aromatic carbocycles. The van der Waals surface area contributed by atoms with E-state index in [1.165, 1.54) is 9.87 Å². The number of hydrogen-bond acceptors (Lipinski definition) is 4. The van der Waals surface area contributed by atoms with Gasteiger partial charge in [-0.2, -0.15) is 5.10 Å². The Kier molecular flexibility index (Phi) is 8.60. The van der Waals surface area contributed by atoms with E-state index in [0.29, 0.717) is 18.5 Å². The first kappa shape index (κ1) is 25.2. The van der Waals surface area contributed by atoms with Crippen LogP contribution in [0.5, 0.6) is 0 Å². The Morgan fingerprint density at radius 2 is 1.59 bits per heavy atom. The fourth-order valence-corrected chi connectivity index (χ4v) is 5.00. The standard InChI is InChI=1S/C27H31N3O3S/c1-4-24-12-8-9-13-26(24)30(34(32,33)25-18-14-21(2)15-19-25)20-27(31)29-28-22(3)16-17-23-10-6-5-7-11-23/h5-15,18-19H,4,16-17,20H2,1-3H3,(H,29,31)/b28-22-. The third-order valence-electron chi connectivity index (χ3n) is 5.53. The molecule has 0 atom stereocenters. The number of nitrogens with zero attached hydrogens (tertiary/aromatic N) is 2. The number of rotatable bonds is 10. The summed E-state index contributed by atoms with van der Waals surface area (Å²) in [6.07, 6.45) is 2.13. The van der Waals surface area contributed by atoms with E-state index >= 15 is 0 Å². The number of para-hydroxylation sites is 1. The van der Waals surface area contributed by atoms with Gasteiger partial charge < -0.3 is 0 Å². The second-order valence-electron chi connectivity index (χ2n) is 8.17. The SMILES string of the molecule is CCc1ccccc1N(CC(=O)N/N=C(/C)CCc1ccccc1)S(=O)(=O)c1ccc(C)cc1. The van der Waals surface area contributed by atoms with Gasteiger partial charge in [0.25, 0.3) is 15.9 Å². The minimum absolute atomic E-state index is 0.138. The number of anilines is 1. The number of aryl methyl sites for hydroxylation is 3. The highest BCUT2D eigenvalue weighted by molar-refractivity contribution is 7.92. The Labute approximate surface area is 202 Å². The second kappa shape index (κ2) is 11.6. The number of amides is 1. The van der Waals surface area contributed by atoms with E-state index in [1.807, 2.05) is 63.2 Å². The van der Waals surface area contributed by atoms with Crippen LogP contribution >= 0.6 is 0 Å². The van der Waals surface area contributed by atoms with E-state index in [9.17, 15) is 13.2 Å². The molecule has 3 rings (SSSR count). The van der Waals surface area contributed by atoms with Crippen LogP contribution in [0.1, 0.15) is 37.0 Å². The maximum Gasteiger partial charge on any atom is 0.264 e. The minimum Gasteiger partial charge on any atom is -0.271 e. The van der Waals surface area contributed by atoms with Crippen LogP contribution in [0.2, 0.25) is 0 Å². The summed E-state index contributed by atoms with van der Waals surface area (Å²) in [6, 6.07) is 23.9. The van der Waals surface area contributed by atoms with Crippen LogP contribution in [0.25, 0.3) is 0 Å². The quantitative estimate of drug-likeness (QED) is 0.334. The van der Waals surface area contributed by atoms with Crippen LogP contribution in [0.4, 0.5) is 5.69 Å². The Hall–Kier alpha value is -3.45. The summed E-state index contributed by atoms with van der Waals surface area (Å²) in [7, 11) is -3.96.